The smallest absolute Gasteiger partial charge is 0.0992 e. The minimum absolute atomic E-state index is 0.418. The first-order chi connectivity index (χ1) is 47.6. The monoisotopic (exact) mass is 1220 g/mol. The van der Waals surface area contributed by atoms with Gasteiger partial charge in [0.25, 0.3) is 0 Å². The molecular weight excluding hydrogens is 1160 g/mol. The van der Waals surface area contributed by atoms with Crippen LogP contribution in [0.1, 0.15) is 11.5 Å². The molecule has 14 aromatic carbocycles. The van der Waals surface area contributed by atoms with Crippen molar-refractivity contribution >= 4 is 93.9 Å². The van der Waals surface area contributed by atoms with E-state index >= 15 is 0 Å². The largest absolute Gasteiger partial charge is 0.332 e. The number of benzene rings is 14. The van der Waals surface area contributed by atoms with Crippen LogP contribution in [0.15, 0.2) is 351 Å². The van der Waals surface area contributed by atoms with Gasteiger partial charge in [0.15, 0.2) is 0 Å². The number of hydrogen-bond acceptors (Lipinski definition) is 2. The summed E-state index contributed by atoms with van der Waals surface area (Å²) in [5.41, 5.74) is 26.5. The van der Waals surface area contributed by atoms with E-state index in [2.05, 4.69) is 370 Å². The minimum Gasteiger partial charge on any atom is -0.332 e. The fraction of sp³-hybridized carbons (Fsp3) is 0.0220. The van der Waals surface area contributed by atoms with E-state index < -0.39 is 12.0 Å². The third-order valence-electron chi connectivity index (χ3n) is 20.2. The van der Waals surface area contributed by atoms with Crippen LogP contribution in [0.5, 0.6) is 0 Å². The molecule has 0 fully saturated rings. The van der Waals surface area contributed by atoms with E-state index in [1.807, 2.05) is 0 Å². The van der Waals surface area contributed by atoms with Crippen molar-refractivity contribution in [2.45, 2.75) is 12.0 Å². The van der Waals surface area contributed by atoms with Crippen LogP contribution in [0.25, 0.3) is 149 Å². The normalized spacial score (nSPS) is 14.6. The Balaban J connectivity index is 1.04. The molecule has 0 radical (unpaired) electrons. The van der Waals surface area contributed by atoms with Crippen molar-refractivity contribution in [3.8, 4) is 72.8 Å². The molecule has 4 heterocycles. The zero-order valence-electron chi connectivity index (χ0n) is 52.3. The van der Waals surface area contributed by atoms with Crippen molar-refractivity contribution in [1.29, 1.82) is 5.26 Å². The second-order valence-corrected chi connectivity index (χ2v) is 25.4. The average Bonchev–Trinajstić information content (AvgIpc) is 1.50. The Morgan fingerprint density at radius 3 is 0.833 bits per heavy atom. The lowest BCUT2D eigenvalue weighted by atomic mass is 9.80. The van der Waals surface area contributed by atoms with Crippen LogP contribution in [0.3, 0.4) is 0 Å². The van der Waals surface area contributed by atoms with E-state index in [0.29, 0.717) is 5.57 Å². The summed E-state index contributed by atoms with van der Waals surface area (Å²) in [6, 6.07) is 129. The first-order valence-electron chi connectivity index (χ1n) is 33.0. The van der Waals surface area contributed by atoms with Gasteiger partial charge in [-0.3, -0.25) is 0 Å². The van der Waals surface area contributed by atoms with E-state index in [4.69, 9.17) is 0 Å². The number of hydrogen-bond donors (Lipinski definition) is 0. The number of allylic oxidation sites excluding steroid dienone is 2. The van der Waals surface area contributed by atoms with Crippen LogP contribution in [-0.2, 0) is 0 Å². The number of nitriles is 1. The van der Waals surface area contributed by atoms with E-state index in [1.54, 1.807) is 0 Å². The highest BCUT2D eigenvalue weighted by Crippen LogP contribution is 2.60. The topological polar surface area (TPSA) is 41.8 Å². The van der Waals surface area contributed by atoms with Gasteiger partial charge in [0.2, 0.25) is 0 Å². The molecule has 1 aliphatic heterocycles. The van der Waals surface area contributed by atoms with Gasteiger partial charge in [-0.05, 0) is 163 Å². The Morgan fingerprint density at radius 2 is 0.521 bits per heavy atom. The molecule has 17 aromatic rings. The van der Waals surface area contributed by atoms with Gasteiger partial charge < -0.3 is 18.6 Å². The fourth-order valence-corrected chi connectivity index (χ4v) is 15.9. The van der Waals surface area contributed by atoms with Crippen LogP contribution in [-0.4, -0.2) is 19.7 Å². The predicted molar refractivity (Wildman–Crippen MR) is 401 cm³/mol. The number of nitrogens with zero attached hydrogens (tertiary/aromatic N) is 5. The number of anilines is 2. The number of aromatic nitrogens is 3. The molecule has 0 amide bonds. The molecule has 0 N–H and O–H groups in total. The summed E-state index contributed by atoms with van der Waals surface area (Å²) in [6.45, 7) is 0. The summed E-state index contributed by atoms with van der Waals surface area (Å²) < 4.78 is 7.65. The maximum absolute atomic E-state index is 13.1. The third kappa shape index (κ3) is 8.63. The molecule has 19 rings (SSSR count). The van der Waals surface area contributed by atoms with Crippen molar-refractivity contribution in [3.05, 3.63) is 357 Å². The number of rotatable bonds is 10. The Hall–Kier alpha value is -12.8. The van der Waals surface area contributed by atoms with Crippen molar-refractivity contribution in [2.75, 3.05) is 4.90 Å². The van der Waals surface area contributed by atoms with E-state index in [1.165, 1.54) is 0 Å². The zero-order chi connectivity index (χ0) is 63.4. The molecule has 96 heavy (non-hydrogen) atoms. The van der Waals surface area contributed by atoms with Gasteiger partial charge in [-0.15, -0.1) is 0 Å². The minimum atomic E-state index is -0.537. The van der Waals surface area contributed by atoms with Crippen molar-refractivity contribution < 1.29 is 0 Å². The fourth-order valence-electron chi connectivity index (χ4n) is 15.9. The molecule has 0 spiro atoms. The van der Waals surface area contributed by atoms with Gasteiger partial charge in [-0.2, -0.15) is 5.26 Å². The van der Waals surface area contributed by atoms with Gasteiger partial charge in [-0.1, -0.05) is 255 Å². The average molecular weight is 1220 g/mol. The van der Waals surface area contributed by atoms with E-state index in [0.717, 1.165) is 166 Å². The van der Waals surface area contributed by atoms with Crippen molar-refractivity contribution in [2.24, 2.45) is 0 Å². The summed E-state index contributed by atoms with van der Waals surface area (Å²) in [6.07, 6.45) is 0. The highest BCUT2D eigenvalue weighted by molar-refractivity contribution is 6.24. The molecule has 0 saturated carbocycles. The van der Waals surface area contributed by atoms with Gasteiger partial charge >= 0.3 is 0 Å². The Morgan fingerprint density at radius 1 is 0.250 bits per heavy atom. The Kier molecular flexibility index (Phi) is 12.7. The summed E-state index contributed by atoms with van der Waals surface area (Å²) >= 11 is 0. The highest BCUT2D eigenvalue weighted by Gasteiger charge is 2.51. The molecule has 0 saturated heterocycles. The van der Waals surface area contributed by atoms with Gasteiger partial charge in [0.05, 0.1) is 73.8 Å². The summed E-state index contributed by atoms with van der Waals surface area (Å²) in [5.74, 6) is -0.418. The van der Waals surface area contributed by atoms with Crippen LogP contribution < -0.4 is 4.90 Å². The molecule has 2 aliphatic rings. The molecule has 0 bridgehead atoms. The number of para-hydroxylation sites is 2. The van der Waals surface area contributed by atoms with Crippen LogP contribution in [0.2, 0.25) is 0 Å². The lowest BCUT2D eigenvalue weighted by Crippen LogP contribution is -2.37. The van der Waals surface area contributed by atoms with Crippen LogP contribution >= 0.6 is 0 Å². The Labute approximate surface area is 556 Å². The lowest BCUT2D eigenvalue weighted by molar-refractivity contribution is 0.712. The maximum atomic E-state index is 13.1. The predicted octanol–water partition coefficient (Wildman–Crippen LogP) is 23.6. The Bertz CT molecular complexity index is 5760. The lowest BCUT2D eigenvalue weighted by Gasteiger charge is -2.39. The van der Waals surface area contributed by atoms with E-state index in [9.17, 15) is 5.26 Å². The summed E-state index contributed by atoms with van der Waals surface area (Å²) in [5, 5.41) is 19.8. The summed E-state index contributed by atoms with van der Waals surface area (Å²) in [7, 11) is 0. The van der Waals surface area contributed by atoms with Crippen LogP contribution in [0, 0.1) is 11.3 Å². The molecule has 448 valence electrons. The second kappa shape index (κ2) is 22.2. The molecule has 2 unspecified atom stereocenters. The first kappa shape index (κ1) is 54.9. The SMILES string of the molecule is N#CC1=C(n2c3ccc(-c4ccccc4)cc3c3cc(-c4ccccc4)ccc32)C(n2c3ccc(-c4ccccc4)cc3c3cc(-c4ccccc4)ccc32)=C(n2c3ccc(-c4ccccc4)cc3c3cc(-c4ccccc4)ccc32)C2c3ccccc3N(c3ccccc3)C12. The first-order valence-corrected chi connectivity index (χ1v) is 33.0. The third-order valence-corrected chi connectivity index (χ3v) is 20.2. The van der Waals surface area contributed by atoms with Crippen molar-refractivity contribution in [3.63, 3.8) is 0 Å². The standard InChI is InChI=1S/C91H59N5/c92-58-79-88-87(72-38-22-23-39-80(72)93(88)71-36-20-7-21-37-71)90(95-83-48-42-67(61-28-12-3-13-29-61)54-75(83)76-55-68(43-49-84(76)95)62-30-14-4-15-31-62)91(96-85-50-44-69(63-32-16-5-17-33-63)56-77(85)78-57-70(45-51-86(78)96)64-34-18-6-19-35-64)89(79)94-81-46-40-65(59-24-8-1-9-25-59)52-73(81)74-53-66(41-47-82(74)94)60-26-10-2-11-27-60/h1-57,87-88H. The van der Waals surface area contributed by atoms with Crippen LogP contribution in [0.4, 0.5) is 11.4 Å². The zero-order valence-corrected chi connectivity index (χ0v) is 52.3. The van der Waals surface area contributed by atoms with Gasteiger partial charge in [0.1, 0.15) is 0 Å². The van der Waals surface area contributed by atoms with E-state index in [-0.39, 0.29) is 0 Å². The van der Waals surface area contributed by atoms with Gasteiger partial charge in [0, 0.05) is 43.7 Å². The quantitative estimate of drug-likeness (QED) is 0.137. The molecule has 2 atom stereocenters. The highest BCUT2D eigenvalue weighted by atomic mass is 15.2. The van der Waals surface area contributed by atoms with Gasteiger partial charge in [-0.25, -0.2) is 0 Å². The maximum Gasteiger partial charge on any atom is 0.0992 e. The second-order valence-electron chi connectivity index (χ2n) is 25.4. The van der Waals surface area contributed by atoms with Crippen molar-refractivity contribution in [1.82, 2.24) is 13.7 Å². The summed E-state index contributed by atoms with van der Waals surface area (Å²) in [4.78, 5) is 2.48. The molecule has 5 heteroatoms. The molecule has 3 aromatic heterocycles. The molecular formula is C91H59N5. The molecule has 5 nitrogen and oxygen atoms in total. The number of fused-ring (bicyclic) bond motifs is 12. The molecule has 1 aliphatic carbocycles.